The van der Waals surface area contributed by atoms with Gasteiger partial charge in [0.2, 0.25) is 11.8 Å². The summed E-state index contributed by atoms with van der Waals surface area (Å²) in [5.74, 6) is 0.106. The fraction of sp³-hybridized carbons (Fsp3) is 0.391. The summed E-state index contributed by atoms with van der Waals surface area (Å²) in [4.78, 5) is 27.3. The Bertz CT molecular complexity index is 875. The van der Waals surface area contributed by atoms with E-state index in [1.165, 1.54) is 0 Å². The van der Waals surface area contributed by atoms with E-state index in [-0.39, 0.29) is 17.9 Å². The van der Waals surface area contributed by atoms with E-state index in [4.69, 9.17) is 0 Å². The molecule has 2 amide bonds. The number of para-hydroxylation sites is 2. The first kappa shape index (κ1) is 19.5. The van der Waals surface area contributed by atoms with Gasteiger partial charge < -0.3 is 20.9 Å². The fourth-order valence-corrected chi connectivity index (χ4v) is 4.17. The molecular formula is C23H28N4O2. The molecule has 2 aromatic rings. The SMILES string of the molecule is C[C@@H](NC(=O)CCN1CCC2(CC1)Nc1ccccc1NC2=O)c1ccccc1. The van der Waals surface area contributed by atoms with E-state index in [9.17, 15) is 9.59 Å². The van der Waals surface area contributed by atoms with E-state index >= 15 is 0 Å². The number of piperidine rings is 1. The minimum Gasteiger partial charge on any atom is -0.369 e. The zero-order chi connectivity index (χ0) is 20.3. The molecule has 4 rings (SSSR count). The molecule has 29 heavy (non-hydrogen) atoms. The third kappa shape index (κ3) is 4.27. The van der Waals surface area contributed by atoms with Gasteiger partial charge >= 0.3 is 0 Å². The summed E-state index contributed by atoms with van der Waals surface area (Å²) in [5.41, 5.74) is 2.38. The van der Waals surface area contributed by atoms with Crippen molar-refractivity contribution in [3.8, 4) is 0 Å². The van der Waals surface area contributed by atoms with Gasteiger partial charge in [-0.3, -0.25) is 9.59 Å². The second-order valence-electron chi connectivity index (χ2n) is 8.00. The lowest BCUT2D eigenvalue weighted by molar-refractivity contribution is -0.124. The van der Waals surface area contributed by atoms with Gasteiger partial charge in [-0.15, -0.1) is 0 Å². The molecule has 2 heterocycles. The van der Waals surface area contributed by atoms with E-state index in [1.54, 1.807) is 0 Å². The van der Waals surface area contributed by atoms with Gasteiger partial charge in [-0.05, 0) is 37.5 Å². The lowest BCUT2D eigenvalue weighted by Gasteiger charge is -2.44. The number of fused-ring (bicyclic) bond motifs is 1. The monoisotopic (exact) mass is 392 g/mol. The minimum atomic E-state index is -0.547. The first-order valence-corrected chi connectivity index (χ1v) is 10.3. The van der Waals surface area contributed by atoms with Crippen molar-refractivity contribution in [2.24, 2.45) is 0 Å². The molecule has 1 saturated heterocycles. The normalized spacial score (nSPS) is 19.0. The van der Waals surface area contributed by atoms with Crippen molar-refractivity contribution in [1.29, 1.82) is 0 Å². The van der Waals surface area contributed by atoms with Crippen LogP contribution in [0.15, 0.2) is 54.6 Å². The van der Waals surface area contributed by atoms with Crippen LogP contribution in [0.4, 0.5) is 11.4 Å². The summed E-state index contributed by atoms with van der Waals surface area (Å²) in [6.45, 7) is 4.30. The van der Waals surface area contributed by atoms with E-state index in [1.807, 2.05) is 61.5 Å². The number of anilines is 2. The van der Waals surface area contributed by atoms with Crippen molar-refractivity contribution in [2.45, 2.75) is 37.8 Å². The molecule has 152 valence electrons. The second kappa shape index (κ2) is 8.25. The maximum absolute atomic E-state index is 12.7. The van der Waals surface area contributed by atoms with Crippen LogP contribution in [0.3, 0.4) is 0 Å². The molecule has 6 nitrogen and oxygen atoms in total. The molecule has 1 spiro atoms. The lowest BCUT2D eigenvalue weighted by Crippen LogP contribution is -2.58. The Balaban J connectivity index is 1.26. The summed E-state index contributed by atoms with van der Waals surface area (Å²) < 4.78 is 0. The van der Waals surface area contributed by atoms with Crippen LogP contribution in [0.25, 0.3) is 0 Å². The first-order valence-electron chi connectivity index (χ1n) is 10.3. The Labute approximate surface area is 171 Å². The number of nitrogens with zero attached hydrogens (tertiary/aromatic N) is 1. The molecule has 1 atom stereocenters. The molecule has 0 unspecified atom stereocenters. The van der Waals surface area contributed by atoms with Crippen molar-refractivity contribution in [1.82, 2.24) is 10.2 Å². The fourth-order valence-electron chi connectivity index (χ4n) is 4.17. The Hall–Kier alpha value is -2.86. The highest BCUT2D eigenvalue weighted by Gasteiger charge is 2.44. The standard InChI is InChI=1S/C23H28N4O2/c1-17(18-7-3-2-4-8-18)24-21(28)11-14-27-15-12-23(13-16-27)22(29)25-19-9-5-6-10-20(19)26-23/h2-10,17,26H,11-16H2,1H3,(H,24,28)(H,25,29)/t17-/m1/s1. The smallest absolute Gasteiger partial charge is 0.250 e. The number of amides is 2. The van der Waals surface area contributed by atoms with Gasteiger partial charge in [0.25, 0.3) is 0 Å². The largest absolute Gasteiger partial charge is 0.369 e. The maximum Gasteiger partial charge on any atom is 0.250 e. The van der Waals surface area contributed by atoms with E-state index in [2.05, 4.69) is 20.9 Å². The number of nitrogens with one attached hydrogen (secondary N) is 3. The van der Waals surface area contributed by atoms with Gasteiger partial charge in [0.1, 0.15) is 5.54 Å². The Morgan fingerprint density at radius 3 is 2.45 bits per heavy atom. The summed E-state index contributed by atoms with van der Waals surface area (Å²) in [6.07, 6.45) is 1.93. The molecule has 0 aromatic heterocycles. The van der Waals surface area contributed by atoms with Crippen LogP contribution in [0, 0.1) is 0 Å². The van der Waals surface area contributed by atoms with E-state index < -0.39 is 5.54 Å². The Morgan fingerprint density at radius 1 is 1.07 bits per heavy atom. The third-order valence-electron chi connectivity index (χ3n) is 6.03. The Kier molecular flexibility index (Phi) is 5.53. The molecule has 3 N–H and O–H groups in total. The number of rotatable bonds is 5. The number of likely N-dealkylation sites (tertiary alicyclic amines) is 1. The van der Waals surface area contributed by atoms with Crippen molar-refractivity contribution in [3.63, 3.8) is 0 Å². The van der Waals surface area contributed by atoms with Crippen LogP contribution in [-0.2, 0) is 9.59 Å². The van der Waals surface area contributed by atoms with Crippen LogP contribution >= 0.6 is 0 Å². The number of hydrogen-bond acceptors (Lipinski definition) is 4. The number of hydrogen-bond donors (Lipinski definition) is 3. The van der Waals surface area contributed by atoms with Gasteiger partial charge in [0.15, 0.2) is 0 Å². The molecule has 2 aliphatic heterocycles. The number of benzene rings is 2. The van der Waals surface area contributed by atoms with Crippen LogP contribution < -0.4 is 16.0 Å². The minimum absolute atomic E-state index is 0.00327. The predicted octanol–water partition coefficient (Wildman–Crippen LogP) is 3.15. The molecule has 0 radical (unpaired) electrons. The third-order valence-corrected chi connectivity index (χ3v) is 6.03. The molecule has 0 aliphatic carbocycles. The second-order valence-corrected chi connectivity index (χ2v) is 8.00. The van der Waals surface area contributed by atoms with Gasteiger partial charge in [0.05, 0.1) is 17.4 Å². The van der Waals surface area contributed by atoms with Crippen LogP contribution in [-0.4, -0.2) is 41.9 Å². The summed E-state index contributed by atoms with van der Waals surface area (Å²) in [7, 11) is 0. The van der Waals surface area contributed by atoms with Crippen LogP contribution in [0.2, 0.25) is 0 Å². The van der Waals surface area contributed by atoms with Gasteiger partial charge in [-0.2, -0.15) is 0 Å². The Morgan fingerprint density at radius 2 is 1.72 bits per heavy atom. The van der Waals surface area contributed by atoms with Crippen LogP contribution in [0.5, 0.6) is 0 Å². The van der Waals surface area contributed by atoms with E-state index in [0.717, 1.165) is 42.9 Å². The number of carbonyl (C=O) groups excluding carboxylic acids is 2. The maximum atomic E-state index is 12.7. The average Bonchev–Trinajstić information content (AvgIpc) is 2.75. The zero-order valence-electron chi connectivity index (χ0n) is 16.8. The highest BCUT2D eigenvalue weighted by molar-refractivity contribution is 6.06. The van der Waals surface area contributed by atoms with Crippen LogP contribution in [0.1, 0.15) is 37.8 Å². The first-order chi connectivity index (χ1) is 14.1. The molecule has 2 aromatic carbocycles. The molecule has 0 bridgehead atoms. The summed E-state index contributed by atoms with van der Waals surface area (Å²) in [6, 6.07) is 17.8. The quantitative estimate of drug-likeness (QED) is 0.731. The zero-order valence-corrected chi connectivity index (χ0v) is 16.8. The van der Waals surface area contributed by atoms with Gasteiger partial charge in [-0.1, -0.05) is 42.5 Å². The van der Waals surface area contributed by atoms with Gasteiger partial charge in [0, 0.05) is 26.1 Å². The molecule has 1 fully saturated rings. The highest BCUT2D eigenvalue weighted by Crippen LogP contribution is 2.36. The highest BCUT2D eigenvalue weighted by atomic mass is 16.2. The molecule has 2 aliphatic rings. The average molecular weight is 393 g/mol. The summed E-state index contributed by atoms with van der Waals surface area (Å²) >= 11 is 0. The van der Waals surface area contributed by atoms with Crippen molar-refractivity contribution in [2.75, 3.05) is 30.3 Å². The van der Waals surface area contributed by atoms with E-state index in [0.29, 0.717) is 13.0 Å². The lowest BCUT2D eigenvalue weighted by atomic mass is 9.84. The molecule has 0 saturated carbocycles. The van der Waals surface area contributed by atoms with Crippen molar-refractivity contribution < 1.29 is 9.59 Å². The molecular weight excluding hydrogens is 364 g/mol. The van der Waals surface area contributed by atoms with Gasteiger partial charge in [-0.25, -0.2) is 0 Å². The van der Waals surface area contributed by atoms with Crippen molar-refractivity contribution >= 4 is 23.2 Å². The topological polar surface area (TPSA) is 73.5 Å². The van der Waals surface area contributed by atoms with Crippen molar-refractivity contribution in [3.05, 3.63) is 60.2 Å². The number of carbonyl (C=O) groups is 2. The summed E-state index contributed by atoms with van der Waals surface area (Å²) in [5, 5.41) is 9.58. The predicted molar refractivity (Wildman–Crippen MR) is 115 cm³/mol. The molecule has 6 heteroatoms.